The molecule has 0 spiro atoms. The van der Waals surface area contributed by atoms with Crippen LogP contribution in [0, 0.1) is 10.8 Å². The van der Waals surface area contributed by atoms with Crippen LogP contribution in [-0.2, 0) is 4.79 Å². The Morgan fingerprint density at radius 2 is 1.89 bits per heavy atom. The minimum absolute atomic E-state index is 0.000000000000000222. The molecular weight excluding hydrogens is 116 g/mol. The highest BCUT2D eigenvalue weighted by Crippen LogP contribution is 2.11. The number of nitrogens with one attached hydrogen (secondary N) is 2. The van der Waals surface area contributed by atoms with E-state index < -0.39 is 0 Å². The van der Waals surface area contributed by atoms with Gasteiger partial charge in [0.1, 0.15) is 5.71 Å². The fourth-order valence-corrected chi connectivity index (χ4v) is 0.687. The summed E-state index contributed by atoms with van der Waals surface area (Å²) < 4.78 is 0. The molecule has 0 aromatic heterocycles. The molecule has 3 nitrogen and oxygen atoms in total. The summed E-state index contributed by atoms with van der Waals surface area (Å²) in [7, 11) is 0. The summed E-state index contributed by atoms with van der Waals surface area (Å²) in [6.07, 6.45) is 0.164. The number of carbonyl (C=O) groups excluding carboxylic acids is 1. The predicted octanol–water partition coefficient (Wildman–Crippen LogP) is 0.555. The van der Waals surface area contributed by atoms with Crippen LogP contribution in [0.5, 0.6) is 0 Å². The number of hydrogen-bond acceptors (Lipinski definition) is 3. The summed E-state index contributed by atoms with van der Waals surface area (Å²) in [4.78, 5) is 10.6. The van der Waals surface area contributed by atoms with E-state index in [1.165, 1.54) is 0 Å². The van der Waals surface area contributed by atoms with Crippen LogP contribution in [0.25, 0.3) is 0 Å². The fraction of sp³-hybridized carbons (Fsp3) is 0.167. The van der Waals surface area contributed by atoms with Crippen molar-refractivity contribution in [3.63, 3.8) is 0 Å². The first kappa shape index (κ1) is 5.88. The molecule has 0 atom stereocenters. The number of ketones is 1. The number of allylic oxidation sites excluding steroid dienone is 1. The highest BCUT2D eigenvalue weighted by atomic mass is 16.1. The minimum atomic E-state index is -0.287. The zero-order valence-corrected chi connectivity index (χ0v) is 4.82. The van der Waals surface area contributed by atoms with Crippen LogP contribution >= 0.6 is 0 Å². The van der Waals surface area contributed by atoms with Crippen LogP contribution < -0.4 is 0 Å². The summed E-state index contributed by atoms with van der Waals surface area (Å²) >= 11 is 0. The molecule has 1 saturated carbocycles. The standard InChI is InChI=1S/C6H6N2O/c1-3-2-4(9)6(8)5(3)7/h7-8H,1-2H2. The van der Waals surface area contributed by atoms with Gasteiger partial charge in [0.25, 0.3) is 0 Å². The van der Waals surface area contributed by atoms with E-state index in [1.54, 1.807) is 0 Å². The van der Waals surface area contributed by atoms with Gasteiger partial charge in [-0.2, -0.15) is 0 Å². The van der Waals surface area contributed by atoms with E-state index in [0.29, 0.717) is 5.57 Å². The first-order valence-electron chi connectivity index (χ1n) is 2.51. The fourth-order valence-electron chi connectivity index (χ4n) is 0.687. The van der Waals surface area contributed by atoms with E-state index in [0.717, 1.165) is 0 Å². The van der Waals surface area contributed by atoms with Gasteiger partial charge in [-0.15, -0.1) is 0 Å². The Hall–Kier alpha value is -1.25. The van der Waals surface area contributed by atoms with Crippen LogP contribution in [0.2, 0.25) is 0 Å². The van der Waals surface area contributed by atoms with Crippen molar-refractivity contribution in [1.29, 1.82) is 10.8 Å². The van der Waals surface area contributed by atoms with Gasteiger partial charge in [0.2, 0.25) is 0 Å². The van der Waals surface area contributed by atoms with E-state index in [1.807, 2.05) is 0 Å². The largest absolute Gasteiger partial charge is 0.298 e. The molecule has 1 fully saturated rings. The lowest BCUT2D eigenvalue weighted by molar-refractivity contribution is -0.111. The quantitative estimate of drug-likeness (QED) is 0.484. The molecule has 0 aromatic rings. The van der Waals surface area contributed by atoms with Gasteiger partial charge in [0.05, 0.1) is 5.71 Å². The molecule has 9 heavy (non-hydrogen) atoms. The molecule has 3 heteroatoms. The summed E-state index contributed by atoms with van der Waals surface area (Å²) in [6.45, 7) is 3.45. The van der Waals surface area contributed by atoms with Crippen LogP contribution in [0.3, 0.4) is 0 Å². The second kappa shape index (κ2) is 1.62. The maximum absolute atomic E-state index is 10.6. The molecule has 2 N–H and O–H groups in total. The number of hydrogen-bond donors (Lipinski definition) is 2. The predicted molar refractivity (Wildman–Crippen MR) is 34.2 cm³/mol. The minimum Gasteiger partial charge on any atom is -0.298 e. The first-order chi connectivity index (χ1) is 4.13. The monoisotopic (exact) mass is 122 g/mol. The Kier molecular flexibility index (Phi) is 1.06. The van der Waals surface area contributed by atoms with Crippen molar-refractivity contribution in [2.75, 3.05) is 0 Å². The number of rotatable bonds is 0. The SMILES string of the molecule is C=C1CC(=O)C(=N)C1=N. The van der Waals surface area contributed by atoms with Crippen molar-refractivity contribution in [2.45, 2.75) is 6.42 Å². The average molecular weight is 122 g/mol. The van der Waals surface area contributed by atoms with Crippen molar-refractivity contribution in [2.24, 2.45) is 0 Å². The third-order valence-corrected chi connectivity index (χ3v) is 1.26. The third kappa shape index (κ3) is 0.700. The van der Waals surface area contributed by atoms with E-state index in [-0.39, 0.29) is 23.6 Å². The molecule has 1 aliphatic rings. The number of carbonyl (C=O) groups is 1. The van der Waals surface area contributed by atoms with Gasteiger partial charge in [-0.05, 0) is 5.57 Å². The van der Waals surface area contributed by atoms with Crippen molar-refractivity contribution in [1.82, 2.24) is 0 Å². The van der Waals surface area contributed by atoms with E-state index >= 15 is 0 Å². The maximum atomic E-state index is 10.6. The van der Waals surface area contributed by atoms with Crippen molar-refractivity contribution in [3.8, 4) is 0 Å². The second-order valence-electron chi connectivity index (χ2n) is 1.95. The van der Waals surface area contributed by atoms with E-state index in [9.17, 15) is 4.79 Å². The summed E-state index contributed by atoms with van der Waals surface area (Å²) in [5, 5.41) is 14.0. The van der Waals surface area contributed by atoms with Crippen molar-refractivity contribution >= 4 is 17.2 Å². The lowest BCUT2D eigenvalue weighted by Crippen LogP contribution is -2.10. The lowest BCUT2D eigenvalue weighted by atomic mass is 10.2. The van der Waals surface area contributed by atoms with Gasteiger partial charge in [-0.1, -0.05) is 6.58 Å². The molecule has 0 aromatic carbocycles. The molecule has 0 unspecified atom stereocenters. The normalized spacial score (nSPS) is 19.6. The van der Waals surface area contributed by atoms with Crippen molar-refractivity contribution in [3.05, 3.63) is 12.2 Å². The Morgan fingerprint density at radius 3 is 2.00 bits per heavy atom. The molecule has 0 aliphatic heterocycles. The van der Waals surface area contributed by atoms with E-state index in [4.69, 9.17) is 10.8 Å². The molecule has 1 aliphatic carbocycles. The van der Waals surface area contributed by atoms with Gasteiger partial charge in [-0.3, -0.25) is 15.6 Å². The molecule has 0 radical (unpaired) electrons. The summed E-state index contributed by atoms with van der Waals surface area (Å²) in [5.41, 5.74) is 0.269. The molecular formula is C6H6N2O. The summed E-state index contributed by atoms with van der Waals surface area (Å²) in [6, 6.07) is 0. The Balaban J connectivity index is 3.04. The van der Waals surface area contributed by atoms with Gasteiger partial charge in [0, 0.05) is 6.42 Å². The average Bonchev–Trinajstić information content (AvgIpc) is 1.98. The molecule has 0 heterocycles. The van der Waals surface area contributed by atoms with Crippen LogP contribution in [0.15, 0.2) is 12.2 Å². The van der Waals surface area contributed by atoms with Crippen molar-refractivity contribution < 1.29 is 4.79 Å². The van der Waals surface area contributed by atoms with Gasteiger partial charge >= 0.3 is 0 Å². The summed E-state index contributed by atoms with van der Waals surface area (Å²) in [5.74, 6) is -0.287. The zero-order chi connectivity index (χ0) is 7.02. The maximum Gasteiger partial charge on any atom is 0.187 e. The lowest BCUT2D eigenvalue weighted by Gasteiger charge is -1.85. The van der Waals surface area contributed by atoms with Crippen LogP contribution in [0.1, 0.15) is 6.42 Å². The zero-order valence-electron chi connectivity index (χ0n) is 4.82. The molecule has 0 saturated heterocycles. The smallest absolute Gasteiger partial charge is 0.187 e. The first-order valence-corrected chi connectivity index (χ1v) is 2.51. The third-order valence-electron chi connectivity index (χ3n) is 1.26. The molecule has 0 amide bonds. The highest BCUT2D eigenvalue weighted by molar-refractivity contribution is 6.73. The van der Waals surface area contributed by atoms with Gasteiger partial charge in [0.15, 0.2) is 5.78 Å². The highest BCUT2D eigenvalue weighted by Gasteiger charge is 2.25. The number of Topliss-reactive ketones (excluding diaryl/α,β-unsaturated/α-hetero) is 1. The van der Waals surface area contributed by atoms with E-state index in [2.05, 4.69) is 6.58 Å². The topological polar surface area (TPSA) is 64.8 Å². The van der Waals surface area contributed by atoms with Crippen LogP contribution in [0.4, 0.5) is 0 Å². The Morgan fingerprint density at radius 1 is 1.33 bits per heavy atom. The Labute approximate surface area is 52.4 Å². The molecule has 0 bridgehead atoms. The van der Waals surface area contributed by atoms with Crippen LogP contribution in [-0.4, -0.2) is 17.2 Å². The molecule has 46 valence electrons. The second-order valence-corrected chi connectivity index (χ2v) is 1.95. The molecule has 1 rings (SSSR count). The van der Waals surface area contributed by atoms with Gasteiger partial charge in [-0.25, -0.2) is 0 Å². The Bertz CT molecular complexity index is 203. The van der Waals surface area contributed by atoms with Gasteiger partial charge < -0.3 is 0 Å².